The van der Waals surface area contributed by atoms with Crippen molar-refractivity contribution >= 4 is 45.9 Å². The second-order valence-corrected chi connectivity index (χ2v) is 5.53. The number of nitrogens with zero attached hydrogens (tertiary/aromatic N) is 2. The SMILES string of the molecule is CCN1SC(=O)/C(=C\N(C(C)=O)c2ccccc2)C1=S. The Morgan fingerprint density at radius 3 is 2.55 bits per heavy atom. The van der Waals surface area contributed by atoms with E-state index in [4.69, 9.17) is 12.2 Å². The van der Waals surface area contributed by atoms with Gasteiger partial charge in [-0.25, -0.2) is 0 Å². The molecule has 6 heteroatoms. The Kier molecular flexibility index (Phi) is 4.57. The number of benzene rings is 1. The summed E-state index contributed by atoms with van der Waals surface area (Å²) in [5.74, 6) is -0.167. The van der Waals surface area contributed by atoms with Crippen molar-refractivity contribution in [2.45, 2.75) is 13.8 Å². The summed E-state index contributed by atoms with van der Waals surface area (Å²) in [5, 5.41) is -0.126. The maximum absolute atomic E-state index is 12.0. The van der Waals surface area contributed by atoms with Crippen molar-refractivity contribution in [3.8, 4) is 0 Å². The Balaban J connectivity index is 2.38. The van der Waals surface area contributed by atoms with Gasteiger partial charge in [-0.05, 0) is 19.1 Å². The Morgan fingerprint density at radius 2 is 2.05 bits per heavy atom. The van der Waals surface area contributed by atoms with E-state index in [1.165, 1.54) is 18.0 Å². The van der Waals surface area contributed by atoms with E-state index in [2.05, 4.69) is 0 Å². The van der Waals surface area contributed by atoms with Crippen molar-refractivity contribution in [2.24, 2.45) is 0 Å². The molecular weight excluding hydrogens is 292 g/mol. The summed E-state index contributed by atoms with van der Waals surface area (Å²) >= 11 is 6.35. The van der Waals surface area contributed by atoms with Crippen LogP contribution in [0.1, 0.15) is 13.8 Å². The van der Waals surface area contributed by atoms with Crippen molar-refractivity contribution < 1.29 is 9.59 Å². The lowest BCUT2D eigenvalue weighted by Crippen LogP contribution is -2.25. The minimum absolute atomic E-state index is 0.126. The monoisotopic (exact) mass is 306 g/mol. The predicted molar refractivity (Wildman–Crippen MR) is 85.3 cm³/mol. The Bertz CT molecular complexity index is 584. The largest absolute Gasteiger partial charge is 0.300 e. The summed E-state index contributed by atoms with van der Waals surface area (Å²) < 4.78 is 1.74. The molecule has 20 heavy (non-hydrogen) atoms. The molecule has 0 aliphatic carbocycles. The van der Waals surface area contributed by atoms with Gasteiger partial charge in [0.1, 0.15) is 4.99 Å². The summed E-state index contributed by atoms with van der Waals surface area (Å²) in [4.78, 5) is 25.7. The number of carbonyl (C=O) groups is 2. The molecule has 1 amide bonds. The quantitative estimate of drug-likeness (QED) is 0.488. The molecule has 1 aromatic rings. The molecule has 2 rings (SSSR count). The lowest BCUT2D eigenvalue weighted by molar-refractivity contribution is -0.116. The highest BCUT2D eigenvalue weighted by Gasteiger charge is 2.31. The van der Waals surface area contributed by atoms with Gasteiger partial charge in [0.2, 0.25) is 11.0 Å². The summed E-state index contributed by atoms with van der Waals surface area (Å²) in [6.07, 6.45) is 1.53. The van der Waals surface area contributed by atoms with Crippen molar-refractivity contribution in [1.29, 1.82) is 0 Å². The molecule has 0 radical (unpaired) electrons. The smallest absolute Gasteiger partial charge is 0.244 e. The lowest BCUT2D eigenvalue weighted by atomic mass is 10.2. The zero-order valence-electron chi connectivity index (χ0n) is 11.2. The molecule has 1 aliphatic heterocycles. The molecule has 104 valence electrons. The number of thiocarbonyl (C=S) groups is 1. The number of hydrogen-bond donors (Lipinski definition) is 0. The molecule has 4 nitrogen and oxygen atoms in total. The second-order valence-electron chi connectivity index (χ2n) is 4.15. The van der Waals surface area contributed by atoms with Gasteiger partial charge in [0, 0.05) is 37.3 Å². The highest BCUT2D eigenvalue weighted by molar-refractivity contribution is 8.14. The number of anilines is 1. The van der Waals surface area contributed by atoms with Crippen LogP contribution in [-0.4, -0.2) is 26.9 Å². The third kappa shape index (κ3) is 2.91. The van der Waals surface area contributed by atoms with E-state index in [-0.39, 0.29) is 11.0 Å². The summed E-state index contributed by atoms with van der Waals surface area (Å²) in [6, 6.07) is 9.17. The Hall–Kier alpha value is -1.66. The molecule has 0 aromatic heterocycles. The average Bonchev–Trinajstić information content (AvgIpc) is 2.71. The number of hydrogen-bond acceptors (Lipinski definition) is 4. The summed E-state index contributed by atoms with van der Waals surface area (Å²) in [5.41, 5.74) is 1.11. The van der Waals surface area contributed by atoms with E-state index >= 15 is 0 Å². The third-order valence-corrected chi connectivity index (χ3v) is 4.39. The fourth-order valence-corrected chi connectivity index (χ4v) is 3.00. The van der Waals surface area contributed by atoms with Crippen molar-refractivity contribution in [1.82, 2.24) is 4.31 Å². The minimum atomic E-state index is -0.167. The van der Waals surface area contributed by atoms with E-state index in [9.17, 15) is 9.59 Å². The molecule has 1 heterocycles. The fraction of sp³-hybridized carbons (Fsp3) is 0.214. The number of likely N-dealkylation sites (N-methyl/N-ethyl adjacent to an activating group) is 1. The van der Waals surface area contributed by atoms with E-state index < -0.39 is 0 Å². The molecule has 1 aliphatic rings. The first kappa shape index (κ1) is 14.7. The molecule has 0 spiro atoms. The maximum Gasteiger partial charge on any atom is 0.244 e. The number of para-hydroxylation sites is 1. The molecule has 0 N–H and O–H groups in total. The van der Waals surface area contributed by atoms with Gasteiger partial charge >= 0.3 is 0 Å². The summed E-state index contributed by atoms with van der Waals surface area (Å²) in [6.45, 7) is 4.03. The first-order valence-electron chi connectivity index (χ1n) is 6.15. The first-order chi connectivity index (χ1) is 9.54. The van der Waals surface area contributed by atoms with Crippen LogP contribution >= 0.6 is 24.2 Å². The zero-order chi connectivity index (χ0) is 14.7. The highest BCUT2D eigenvalue weighted by Crippen LogP contribution is 2.30. The molecule has 0 unspecified atom stereocenters. The molecule has 1 fully saturated rings. The Labute approximate surface area is 127 Å². The van der Waals surface area contributed by atoms with Crippen molar-refractivity contribution in [2.75, 3.05) is 11.4 Å². The van der Waals surface area contributed by atoms with Crippen LogP contribution in [0.5, 0.6) is 0 Å². The van der Waals surface area contributed by atoms with Gasteiger partial charge in [0.15, 0.2) is 0 Å². The fourth-order valence-electron chi connectivity index (χ4n) is 1.79. The average molecular weight is 306 g/mol. The normalized spacial score (nSPS) is 16.9. The molecule has 0 bridgehead atoms. The van der Waals surface area contributed by atoms with Crippen molar-refractivity contribution in [3.05, 3.63) is 42.1 Å². The first-order valence-corrected chi connectivity index (χ1v) is 7.33. The van der Waals surface area contributed by atoms with Crippen LogP contribution in [0, 0.1) is 0 Å². The van der Waals surface area contributed by atoms with E-state index in [0.717, 1.165) is 11.9 Å². The van der Waals surface area contributed by atoms with Gasteiger partial charge in [0.05, 0.1) is 5.57 Å². The van der Waals surface area contributed by atoms with Crippen LogP contribution in [0.4, 0.5) is 5.69 Å². The zero-order valence-corrected chi connectivity index (χ0v) is 12.8. The van der Waals surface area contributed by atoms with Gasteiger partial charge in [-0.2, -0.15) is 0 Å². The van der Waals surface area contributed by atoms with Crippen LogP contribution in [0.25, 0.3) is 0 Å². The topological polar surface area (TPSA) is 40.6 Å². The summed E-state index contributed by atoms with van der Waals surface area (Å²) in [7, 11) is 0. The van der Waals surface area contributed by atoms with E-state index in [1.807, 2.05) is 37.3 Å². The number of rotatable bonds is 3. The van der Waals surface area contributed by atoms with Gasteiger partial charge in [-0.1, -0.05) is 30.4 Å². The van der Waals surface area contributed by atoms with Crippen LogP contribution < -0.4 is 4.90 Å². The predicted octanol–water partition coefficient (Wildman–Crippen LogP) is 2.76. The number of amides is 1. The van der Waals surface area contributed by atoms with Crippen LogP contribution in [0.3, 0.4) is 0 Å². The molecule has 0 saturated carbocycles. The van der Waals surface area contributed by atoms with Gasteiger partial charge < -0.3 is 0 Å². The highest BCUT2D eigenvalue weighted by atomic mass is 32.2. The van der Waals surface area contributed by atoms with Gasteiger partial charge in [-0.3, -0.25) is 18.8 Å². The number of carbonyl (C=O) groups excluding carboxylic acids is 2. The lowest BCUT2D eigenvalue weighted by Gasteiger charge is -2.17. The third-order valence-electron chi connectivity index (χ3n) is 2.79. The van der Waals surface area contributed by atoms with Crippen LogP contribution in [0.2, 0.25) is 0 Å². The molecule has 0 atom stereocenters. The molecule has 1 aromatic carbocycles. The molecular formula is C14H14N2O2S2. The van der Waals surface area contributed by atoms with E-state index in [0.29, 0.717) is 22.8 Å². The van der Waals surface area contributed by atoms with Gasteiger partial charge in [-0.15, -0.1) is 0 Å². The minimum Gasteiger partial charge on any atom is -0.300 e. The van der Waals surface area contributed by atoms with Crippen LogP contribution in [-0.2, 0) is 9.59 Å². The van der Waals surface area contributed by atoms with E-state index in [1.54, 1.807) is 4.31 Å². The molecule has 1 saturated heterocycles. The Morgan fingerprint density at radius 1 is 1.40 bits per heavy atom. The van der Waals surface area contributed by atoms with Gasteiger partial charge in [0.25, 0.3) is 0 Å². The maximum atomic E-state index is 12.0. The van der Waals surface area contributed by atoms with Crippen LogP contribution in [0.15, 0.2) is 42.1 Å². The standard InChI is InChI=1S/C14H14N2O2S2/c1-3-16-13(19)12(14(18)20-16)9-15(10(2)17)11-7-5-4-6-8-11/h4-9H,3H2,1-2H3/b12-9-. The second kappa shape index (κ2) is 6.19. The van der Waals surface area contributed by atoms with Crippen molar-refractivity contribution in [3.63, 3.8) is 0 Å².